The molecular formula is C51H43N3O2. The van der Waals surface area contributed by atoms with Crippen molar-refractivity contribution in [3.05, 3.63) is 219 Å². The maximum atomic E-state index is 14.6. The molecule has 5 nitrogen and oxygen atoms in total. The average Bonchev–Trinajstić information content (AvgIpc) is 3.57. The van der Waals surface area contributed by atoms with Crippen molar-refractivity contribution in [2.45, 2.75) is 45.4 Å². The van der Waals surface area contributed by atoms with Crippen molar-refractivity contribution < 1.29 is 0 Å². The molecule has 6 aromatic carbocycles. The van der Waals surface area contributed by atoms with Crippen LogP contribution in [-0.4, -0.2) is 9.13 Å². The third-order valence-electron chi connectivity index (χ3n) is 11.9. The van der Waals surface area contributed by atoms with Crippen molar-refractivity contribution in [3.63, 3.8) is 0 Å². The fourth-order valence-corrected chi connectivity index (χ4v) is 9.07. The van der Waals surface area contributed by atoms with E-state index in [1.165, 1.54) is 49.1 Å². The summed E-state index contributed by atoms with van der Waals surface area (Å²) in [5.41, 5.74) is 12.7. The van der Waals surface area contributed by atoms with E-state index in [1.807, 2.05) is 66.7 Å². The van der Waals surface area contributed by atoms with E-state index in [0.29, 0.717) is 22.3 Å². The minimum absolute atomic E-state index is 0.223. The molecule has 9 rings (SSSR count). The van der Waals surface area contributed by atoms with Gasteiger partial charge in [-0.25, -0.2) is 9.36 Å². The summed E-state index contributed by atoms with van der Waals surface area (Å²) < 4.78 is 2.90. The SMILES string of the molecule is C=C(C=C1/C(=C\C)c2ccccc2C1(C)C)N(c1ccc2c(c1)C(C)(C)c1ccccc1-2)c1ccc2c(c1)c(=O)n(-c1ccccc1)c(=O)n2-c1ccccc1. The summed E-state index contributed by atoms with van der Waals surface area (Å²) in [6.45, 7) is 16.0. The van der Waals surface area contributed by atoms with Crippen LogP contribution in [0.1, 0.15) is 56.9 Å². The Bertz CT molecular complexity index is 2930. The Morgan fingerprint density at radius 2 is 1.12 bits per heavy atom. The lowest BCUT2D eigenvalue weighted by Gasteiger charge is -2.30. The fraction of sp³-hybridized carbons (Fsp3) is 0.137. The van der Waals surface area contributed by atoms with Gasteiger partial charge in [0.05, 0.1) is 22.3 Å². The molecule has 0 saturated carbocycles. The van der Waals surface area contributed by atoms with Crippen LogP contribution in [0.25, 0.3) is 39.0 Å². The van der Waals surface area contributed by atoms with Crippen molar-refractivity contribution >= 4 is 27.9 Å². The van der Waals surface area contributed by atoms with Crippen LogP contribution in [0.3, 0.4) is 0 Å². The molecule has 0 aliphatic heterocycles. The lowest BCUT2D eigenvalue weighted by molar-refractivity contribution is 0.659. The van der Waals surface area contributed by atoms with Crippen molar-refractivity contribution in [1.82, 2.24) is 9.13 Å². The topological polar surface area (TPSA) is 47.2 Å². The summed E-state index contributed by atoms with van der Waals surface area (Å²) in [6.07, 6.45) is 4.40. The lowest BCUT2D eigenvalue weighted by Crippen LogP contribution is -2.38. The van der Waals surface area contributed by atoms with E-state index in [1.54, 1.807) is 16.7 Å². The zero-order chi connectivity index (χ0) is 38.9. The Labute approximate surface area is 327 Å². The average molecular weight is 730 g/mol. The van der Waals surface area contributed by atoms with Crippen molar-refractivity contribution in [3.8, 4) is 22.5 Å². The van der Waals surface area contributed by atoms with Gasteiger partial charge in [0, 0.05) is 27.9 Å². The predicted molar refractivity (Wildman–Crippen MR) is 232 cm³/mol. The summed E-state index contributed by atoms with van der Waals surface area (Å²) in [5.74, 6) is 0. The first-order valence-corrected chi connectivity index (χ1v) is 19.2. The van der Waals surface area contributed by atoms with Gasteiger partial charge in [-0.3, -0.25) is 9.36 Å². The number of aromatic nitrogens is 2. The van der Waals surface area contributed by atoms with E-state index in [9.17, 15) is 9.59 Å². The number of allylic oxidation sites excluding steroid dienone is 4. The summed E-state index contributed by atoms with van der Waals surface area (Å²) in [7, 11) is 0. The Hall–Kier alpha value is -6.72. The molecule has 0 fully saturated rings. The fourth-order valence-electron chi connectivity index (χ4n) is 9.07. The second-order valence-electron chi connectivity index (χ2n) is 15.8. The Kier molecular flexibility index (Phi) is 8.10. The van der Waals surface area contributed by atoms with Gasteiger partial charge >= 0.3 is 5.69 Å². The normalized spacial score (nSPS) is 16.2. The van der Waals surface area contributed by atoms with Gasteiger partial charge in [-0.1, -0.05) is 131 Å². The molecule has 0 spiro atoms. The molecule has 0 bridgehead atoms. The molecule has 56 heavy (non-hydrogen) atoms. The number of nitrogens with zero attached hydrogens (tertiary/aromatic N) is 3. The van der Waals surface area contributed by atoms with Gasteiger partial charge in [0.25, 0.3) is 5.56 Å². The summed E-state index contributed by atoms with van der Waals surface area (Å²) >= 11 is 0. The molecule has 0 atom stereocenters. The van der Waals surface area contributed by atoms with Crippen LogP contribution < -0.4 is 16.1 Å². The molecule has 0 N–H and O–H groups in total. The molecule has 7 aromatic rings. The van der Waals surface area contributed by atoms with E-state index in [4.69, 9.17) is 6.58 Å². The van der Waals surface area contributed by atoms with Crippen LogP contribution in [0.15, 0.2) is 185 Å². The van der Waals surface area contributed by atoms with Crippen LogP contribution in [0.5, 0.6) is 0 Å². The van der Waals surface area contributed by atoms with E-state index in [-0.39, 0.29) is 16.4 Å². The first-order valence-electron chi connectivity index (χ1n) is 19.2. The highest BCUT2D eigenvalue weighted by Crippen LogP contribution is 2.52. The van der Waals surface area contributed by atoms with Gasteiger partial charge in [-0.05, 0) is 112 Å². The molecule has 1 aromatic heterocycles. The minimum Gasteiger partial charge on any atom is -0.311 e. The molecule has 274 valence electrons. The number of fused-ring (bicyclic) bond motifs is 5. The highest BCUT2D eigenvalue weighted by molar-refractivity contribution is 5.92. The van der Waals surface area contributed by atoms with E-state index < -0.39 is 5.69 Å². The van der Waals surface area contributed by atoms with E-state index in [2.05, 4.69) is 118 Å². The quantitative estimate of drug-likeness (QED) is 0.171. The molecule has 2 aliphatic carbocycles. The van der Waals surface area contributed by atoms with Crippen LogP contribution in [0.2, 0.25) is 0 Å². The van der Waals surface area contributed by atoms with Crippen LogP contribution in [-0.2, 0) is 10.8 Å². The van der Waals surface area contributed by atoms with Crippen LogP contribution in [0, 0.1) is 0 Å². The smallest absolute Gasteiger partial charge is 0.311 e. The number of rotatable bonds is 6. The number of hydrogen-bond donors (Lipinski definition) is 0. The number of hydrogen-bond acceptors (Lipinski definition) is 3. The summed E-state index contributed by atoms with van der Waals surface area (Å²) in [4.78, 5) is 31.1. The van der Waals surface area contributed by atoms with Gasteiger partial charge in [-0.2, -0.15) is 0 Å². The highest BCUT2D eigenvalue weighted by Gasteiger charge is 2.39. The Balaban J connectivity index is 1.29. The molecule has 0 unspecified atom stereocenters. The Morgan fingerprint density at radius 1 is 0.589 bits per heavy atom. The molecular weight excluding hydrogens is 687 g/mol. The zero-order valence-corrected chi connectivity index (χ0v) is 32.4. The first kappa shape index (κ1) is 35.0. The molecule has 5 heteroatoms. The highest BCUT2D eigenvalue weighted by atomic mass is 16.2. The predicted octanol–water partition coefficient (Wildman–Crippen LogP) is 11.4. The van der Waals surface area contributed by atoms with Crippen molar-refractivity contribution in [2.75, 3.05) is 4.90 Å². The summed E-state index contributed by atoms with van der Waals surface area (Å²) in [6, 6.07) is 48.3. The van der Waals surface area contributed by atoms with Gasteiger partial charge < -0.3 is 4.90 Å². The minimum atomic E-state index is -0.430. The van der Waals surface area contributed by atoms with Gasteiger partial charge in [-0.15, -0.1) is 0 Å². The largest absolute Gasteiger partial charge is 0.340 e. The van der Waals surface area contributed by atoms with Crippen LogP contribution in [0.4, 0.5) is 11.4 Å². The molecule has 2 aliphatic rings. The third kappa shape index (κ3) is 5.22. The lowest BCUT2D eigenvalue weighted by atomic mass is 9.81. The molecule has 0 radical (unpaired) electrons. The molecule has 0 saturated heterocycles. The number of benzene rings is 6. The van der Waals surface area contributed by atoms with Crippen molar-refractivity contribution in [2.24, 2.45) is 0 Å². The number of para-hydroxylation sites is 2. The van der Waals surface area contributed by atoms with Gasteiger partial charge in [0.15, 0.2) is 0 Å². The van der Waals surface area contributed by atoms with E-state index in [0.717, 1.165) is 17.1 Å². The Morgan fingerprint density at radius 3 is 1.79 bits per heavy atom. The second-order valence-corrected chi connectivity index (χ2v) is 15.8. The maximum absolute atomic E-state index is 14.6. The summed E-state index contributed by atoms with van der Waals surface area (Å²) in [5, 5.41) is 0.414. The third-order valence-corrected chi connectivity index (χ3v) is 11.9. The second kappa shape index (κ2) is 13.0. The maximum Gasteiger partial charge on any atom is 0.340 e. The van der Waals surface area contributed by atoms with Crippen molar-refractivity contribution in [1.29, 1.82) is 0 Å². The number of anilines is 2. The van der Waals surface area contributed by atoms with Gasteiger partial charge in [0.2, 0.25) is 0 Å². The molecule has 0 amide bonds. The van der Waals surface area contributed by atoms with E-state index >= 15 is 0 Å². The monoisotopic (exact) mass is 729 g/mol. The first-order chi connectivity index (χ1) is 27.0. The van der Waals surface area contributed by atoms with Crippen LogP contribution >= 0.6 is 0 Å². The zero-order valence-electron chi connectivity index (χ0n) is 32.4. The van der Waals surface area contributed by atoms with Gasteiger partial charge in [0.1, 0.15) is 0 Å². The standard InChI is InChI=1S/C51H43N3O2/c1-7-38-39-22-14-16-24-43(39)50(3,4)45(38)30-33(2)52(37-26-28-41-40-23-15-17-25-44(40)51(5,6)46(41)32-37)36-27-29-47-42(31-36)48(55)54(35-20-12-9-13-21-35)49(56)53(47)34-18-10-8-11-19-34/h7-32H,2H2,1,3-6H3/b38-7-,45-30?. The molecule has 1 heterocycles.